The van der Waals surface area contributed by atoms with Crippen molar-refractivity contribution in [1.29, 1.82) is 0 Å². The van der Waals surface area contributed by atoms with Crippen LogP contribution >= 0.6 is 31.9 Å². The van der Waals surface area contributed by atoms with E-state index in [0.717, 1.165) is 70.6 Å². The molecule has 8 nitrogen and oxygen atoms in total. The molecule has 0 radical (unpaired) electrons. The smallest absolute Gasteiger partial charge is 0.141 e. The fourth-order valence-electron chi connectivity index (χ4n) is 5.02. The van der Waals surface area contributed by atoms with Gasteiger partial charge in [-0.05, 0) is 132 Å². The Morgan fingerprint density at radius 1 is 0.822 bits per heavy atom. The van der Waals surface area contributed by atoms with E-state index in [0.29, 0.717) is 23.4 Å². The van der Waals surface area contributed by atoms with Gasteiger partial charge >= 0.3 is 0 Å². The molecule has 4 aromatic carbocycles. The summed E-state index contributed by atoms with van der Waals surface area (Å²) in [6.07, 6.45) is 0. The van der Waals surface area contributed by atoms with Crippen LogP contribution in [-0.4, -0.2) is 37.9 Å². The van der Waals surface area contributed by atoms with E-state index in [9.17, 15) is 0 Å². The lowest BCUT2D eigenvalue weighted by atomic mass is 10.1. The highest BCUT2D eigenvalue weighted by Crippen LogP contribution is 2.37. The van der Waals surface area contributed by atoms with E-state index < -0.39 is 0 Å². The topological polar surface area (TPSA) is 117 Å². The molecule has 0 aliphatic rings. The Labute approximate surface area is 278 Å². The number of H-pyrrole nitrogens is 2. The zero-order valence-electron chi connectivity index (χ0n) is 25.4. The number of rotatable bonds is 9. The van der Waals surface area contributed by atoms with Crippen LogP contribution in [0.2, 0.25) is 0 Å². The molecular weight excluding hydrogens is 694 g/mol. The summed E-state index contributed by atoms with van der Waals surface area (Å²) in [7, 11) is 0. The lowest BCUT2D eigenvalue weighted by Crippen LogP contribution is -2.20. The Morgan fingerprint density at radius 3 is 2.16 bits per heavy atom. The van der Waals surface area contributed by atoms with Crippen molar-refractivity contribution in [2.45, 2.75) is 39.8 Å². The van der Waals surface area contributed by atoms with Gasteiger partial charge in [0.05, 0.1) is 26.5 Å². The lowest BCUT2D eigenvalue weighted by Gasteiger charge is -2.12. The van der Waals surface area contributed by atoms with Crippen molar-refractivity contribution in [1.82, 2.24) is 25.3 Å². The molecule has 0 aliphatic heterocycles. The largest absolute Gasteiger partial charge is 0.456 e. The van der Waals surface area contributed by atoms with Gasteiger partial charge in [-0.1, -0.05) is 12.6 Å². The Balaban J connectivity index is 1.20. The summed E-state index contributed by atoms with van der Waals surface area (Å²) in [4.78, 5) is 20.9. The maximum Gasteiger partial charge on any atom is 0.141 e. The van der Waals surface area contributed by atoms with E-state index in [2.05, 4.69) is 78.6 Å². The number of ether oxygens (including phenoxy) is 1. The second kappa shape index (κ2) is 12.5. The average molecular weight is 728 g/mol. The summed E-state index contributed by atoms with van der Waals surface area (Å²) in [5, 5.41) is 3.36. The summed E-state index contributed by atoms with van der Waals surface area (Å²) >= 11 is 7.40. The maximum absolute atomic E-state index is 6.26. The van der Waals surface area contributed by atoms with Gasteiger partial charge in [-0.15, -0.1) is 0 Å². The van der Waals surface area contributed by atoms with Crippen LogP contribution in [0.4, 0.5) is 0 Å². The normalized spacial score (nSPS) is 12.0. The van der Waals surface area contributed by atoms with Crippen molar-refractivity contribution >= 4 is 65.5 Å². The van der Waals surface area contributed by atoms with Gasteiger partial charge in [0.25, 0.3) is 0 Å². The van der Waals surface area contributed by atoms with Crippen molar-refractivity contribution in [3.63, 3.8) is 0 Å². The number of hydrogen-bond acceptors (Lipinski definition) is 5. The number of nitrogens with one attached hydrogen (secondary N) is 3. The van der Waals surface area contributed by atoms with Gasteiger partial charge in [-0.25, -0.2) is 9.97 Å². The van der Waals surface area contributed by atoms with E-state index in [1.165, 1.54) is 0 Å². The van der Waals surface area contributed by atoms with Gasteiger partial charge in [0.1, 0.15) is 29.0 Å². The first-order chi connectivity index (χ1) is 21.5. The van der Waals surface area contributed by atoms with Gasteiger partial charge in [0, 0.05) is 38.9 Å². The van der Waals surface area contributed by atoms with Crippen LogP contribution in [0.1, 0.15) is 38.8 Å². The average Bonchev–Trinajstić information content (AvgIpc) is 3.61. The number of amidine groups is 1. The van der Waals surface area contributed by atoms with Crippen LogP contribution in [0.5, 0.6) is 11.5 Å². The highest BCUT2D eigenvalue weighted by atomic mass is 79.9. The number of fused-ring (bicyclic) bond motifs is 2. The van der Waals surface area contributed by atoms with Crippen molar-refractivity contribution in [3.8, 4) is 34.3 Å². The predicted molar refractivity (Wildman–Crippen MR) is 192 cm³/mol. The molecule has 0 saturated heterocycles. The van der Waals surface area contributed by atoms with E-state index in [1.54, 1.807) is 0 Å². The van der Waals surface area contributed by atoms with E-state index >= 15 is 0 Å². The maximum atomic E-state index is 6.26. The van der Waals surface area contributed by atoms with Crippen LogP contribution in [0.25, 0.3) is 50.5 Å². The molecule has 5 N–H and O–H groups in total. The predicted octanol–water partition coefficient (Wildman–Crippen LogP) is 9.17. The van der Waals surface area contributed by atoms with Crippen LogP contribution < -0.4 is 15.8 Å². The molecule has 45 heavy (non-hydrogen) atoms. The fourth-order valence-corrected chi connectivity index (χ4v) is 6.03. The molecule has 0 amide bonds. The molecule has 6 rings (SSSR count). The second-order valence-electron chi connectivity index (χ2n) is 11.4. The Bertz CT molecular complexity index is 2090. The molecule has 6 aromatic rings. The third-order valence-corrected chi connectivity index (χ3v) is 8.37. The quantitative estimate of drug-likeness (QED) is 0.0876. The minimum atomic E-state index is 0.123. The van der Waals surface area contributed by atoms with Gasteiger partial charge in [0.2, 0.25) is 0 Å². The van der Waals surface area contributed by atoms with Crippen molar-refractivity contribution in [2.24, 2.45) is 10.7 Å². The first-order valence-electron chi connectivity index (χ1n) is 14.6. The van der Waals surface area contributed by atoms with Crippen molar-refractivity contribution in [2.75, 3.05) is 0 Å². The Morgan fingerprint density at radius 2 is 1.49 bits per heavy atom. The number of aliphatic imine (C=N–C) groups is 1. The summed E-state index contributed by atoms with van der Waals surface area (Å²) < 4.78 is 7.91. The number of imidazole rings is 2. The molecule has 0 aliphatic carbocycles. The molecule has 0 fully saturated rings. The van der Waals surface area contributed by atoms with E-state index in [4.69, 9.17) is 20.4 Å². The first-order valence-corrected chi connectivity index (χ1v) is 16.2. The molecule has 2 aromatic heterocycles. The molecule has 0 unspecified atom stereocenters. The monoisotopic (exact) mass is 725 g/mol. The molecule has 0 spiro atoms. The standard InChI is InChI=1S/C35H33Br2N7O/c1-18(2)39-20(5)21-6-11-28-30(15-21)43-34(41-28)23-8-13-32(27(37)14-23)45-24-9-10-25(26(36)17-24)35-42-29-12-7-22(16-31(29)44-35)33(38)40-19(3)4/h6-19,39H,5H2,1-4H3,(H2,38,40)(H,41,43)(H,42,44). The Kier molecular flexibility index (Phi) is 8.52. The number of aromatic nitrogens is 4. The van der Waals surface area contributed by atoms with Crippen LogP contribution in [0.15, 0.2) is 93.3 Å². The fraction of sp³-hybridized carbons (Fsp3) is 0.171. The van der Waals surface area contributed by atoms with E-state index in [1.807, 2.05) is 80.6 Å². The third kappa shape index (κ3) is 6.67. The van der Waals surface area contributed by atoms with Gasteiger partial charge in [-0.2, -0.15) is 0 Å². The SMILES string of the molecule is C=C(NC(C)C)c1ccc2nc(-c3ccc(Oc4ccc(-c5nc6ccc(C(N)=NC(C)C)cc6[nH]5)c(Br)c4)c(Br)c3)[nH]c2c1. The lowest BCUT2D eigenvalue weighted by molar-refractivity contribution is 0.479. The number of benzene rings is 4. The molecule has 0 saturated carbocycles. The van der Waals surface area contributed by atoms with Gasteiger partial charge in [0.15, 0.2) is 0 Å². The molecule has 2 heterocycles. The third-order valence-electron chi connectivity index (χ3n) is 7.10. The number of nitrogens with two attached hydrogens (primary N) is 1. The Hall–Kier alpha value is -4.41. The minimum Gasteiger partial charge on any atom is -0.456 e. The molecular formula is C35H33Br2N7O. The summed E-state index contributed by atoms with van der Waals surface area (Å²) in [5.41, 5.74) is 14.4. The van der Waals surface area contributed by atoms with Crippen LogP contribution in [-0.2, 0) is 0 Å². The summed E-state index contributed by atoms with van der Waals surface area (Å²) in [5.74, 6) is 3.39. The number of hydrogen-bond donors (Lipinski definition) is 4. The molecule has 0 bridgehead atoms. The number of nitrogens with zero attached hydrogens (tertiary/aromatic N) is 3. The number of aromatic amines is 2. The summed E-state index contributed by atoms with van der Waals surface area (Å²) in [6.45, 7) is 12.4. The van der Waals surface area contributed by atoms with Crippen molar-refractivity contribution < 1.29 is 4.74 Å². The van der Waals surface area contributed by atoms with Crippen molar-refractivity contribution in [3.05, 3.63) is 99.4 Å². The minimum absolute atomic E-state index is 0.123. The highest BCUT2D eigenvalue weighted by molar-refractivity contribution is 9.11. The second-order valence-corrected chi connectivity index (χ2v) is 13.1. The molecule has 228 valence electrons. The van der Waals surface area contributed by atoms with E-state index in [-0.39, 0.29) is 6.04 Å². The first kappa shape index (κ1) is 30.6. The zero-order valence-corrected chi connectivity index (χ0v) is 28.5. The molecule has 0 atom stereocenters. The highest BCUT2D eigenvalue weighted by Gasteiger charge is 2.14. The van der Waals surface area contributed by atoms with Gasteiger partial charge < -0.3 is 25.8 Å². The van der Waals surface area contributed by atoms with Gasteiger partial charge in [-0.3, -0.25) is 4.99 Å². The summed E-state index contributed by atoms with van der Waals surface area (Å²) in [6, 6.07) is 24.2. The van der Waals surface area contributed by atoms with Crippen LogP contribution in [0, 0.1) is 0 Å². The number of halogens is 2. The van der Waals surface area contributed by atoms with Crippen LogP contribution in [0.3, 0.4) is 0 Å². The molecule has 10 heteroatoms. The zero-order chi connectivity index (χ0) is 31.8.